The second kappa shape index (κ2) is 2.78. The van der Waals surface area contributed by atoms with Crippen LogP contribution in [0.4, 0.5) is 0 Å². The van der Waals surface area contributed by atoms with Gasteiger partial charge < -0.3 is 10.1 Å². The summed E-state index contributed by atoms with van der Waals surface area (Å²) in [5, 5.41) is 9.12. The zero-order chi connectivity index (χ0) is 9.54. The summed E-state index contributed by atoms with van der Waals surface area (Å²) in [4.78, 5) is 11.8. The number of hydrogen-bond donors (Lipinski definition) is 2. The van der Waals surface area contributed by atoms with E-state index in [4.69, 9.17) is 5.11 Å². The molecule has 2 aromatic heterocycles. The van der Waals surface area contributed by atoms with Gasteiger partial charge in [-0.3, -0.25) is 0 Å². The number of aromatic nitrogens is 3. The van der Waals surface area contributed by atoms with Gasteiger partial charge in [0.05, 0.1) is 12.1 Å². The number of imidazole rings is 1. The summed E-state index contributed by atoms with van der Waals surface area (Å²) in [6, 6.07) is 1.82. The van der Waals surface area contributed by atoms with Crippen LogP contribution < -0.4 is 0 Å². The molecule has 1 aliphatic carbocycles. The molecule has 1 fully saturated rings. The van der Waals surface area contributed by atoms with Gasteiger partial charge in [0.1, 0.15) is 5.82 Å². The van der Waals surface area contributed by atoms with E-state index >= 15 is 0 Å². The molecule has 14 heavy (non-hydrogen) atoms. The highest BCUT2D eigenvalue weighted by Gasteiger charge is 2.27. The molecule has 1 saturated carbocycles. The van der Waals surface area contributed by atoms with E-state index in [2.05, 4.69) is 15.0 Å². The van der Waals surface area contributed by atoms with E-state index in [1.54, 1.807) is 6.20 Å². The number of aromatic amines is 1. The molecule has 0 radical (unpaired) electrons. The highest BCUT2D eigenvalue weighted by Crippen LogP contribution is 2.39. The van der Waals surface area contributed by atoms with Crippen LogP contribution in [-0.4, -0.2) is 20.1 Å². The Morgan fingerprint density at radius 3 is 3.07 bits per heavy atom. The average Bonchev–Trinajstić information content (AvgIpc) is 2.97. The van der Waals surface area contributed by atoms with Gasteiger partial charge in [-0.15, -0.1) is 0 Å². The van der Waals surface area contributed by atoms with Crippen molar-refractivity contribution >= 4 is 11.2 Å². The van der Waals surface area contributed by atoms with Crippen molar-refractivity contribution in [2.45, 2.75) is 25.4 Å². The monoisotopic (exact) mass is 189 g/mol. The number of nitrogens with one attached hydrogen (secondary N) is 1. The molecule has 0 atom stereocenters. The van der Waals surface area contributed by atoms with Crippen molar-refractivity contribution in [3.05, 3.63) is 23.7 Å². The van der Waals surface area contributed by atoms with Crippen molar-refractivity contribution in [2.75, 3.05) is 0 Å². The summed E-state index contributed by atoms with van der Waals surface area (Å²) in [6.07, 6.45) is 4.12. The maximum absolute atomic E-state index is 9.12. The third-order valence-corrected chi connectivity index (χ3v) is 2.63. The van der Waals surface area contributed by atoms with Gasteiger partial charge in [-0.05, 0) is 18.9 Å². The summed E-state index contributed by atoms with van der Waals surface area (Å²) >= 11 is 0. The lowest BCUT2D eigenvalue weighted by atomic mass is 10.2. The van der Waals surface area contributed by atoms with Gasteiger partial charge in [-0.25, -0.2) is 9.97 Å². The van der Waals surface area contributed by atoms with E-state index in [0.29, 0.717) is 5.92 Å². The Hall–Kier alpha value is -1.42. The number of rotatable bonds is 2. The van der Waals surface area contributed by atoms with E-state index in [1.807, 2.05) is 6.07 Å². The summed E-state index contributed by atoms with van der Waals surface area (Å²) in [5.41, 5.74) is 2.48. The first-order chi connectivity index (χ1) is 6.88. The predicted molar refractivity (Wildman–Crippen MR) is 51.8 cm³/mol. The Morgan fingerprint density at radius 1 is 1.50 bits per heavy atom. The van der Waals surface area contributed by atoms with Crippen molar-refractivity contribution in [2.24, 2.45) is 0 Å². The van der Waals surface area contributed by atoms with Gasteiger partial charge in [0.25, 0.3) is 0 Å². The molecule has 0 spiro atoms. The molecule has 0 aliphatic heterocycles. The standard InChI is InChI=1S/C10H11N3O/c14-5-7-3-4-11-10-8(7)12-9(13-10)6-1-2-6/h3-4,6,14H,1-2,5H2,(H,11,12,13). The fourth-order valence-electron chi connectivity index (χ4n) is 1.66. The minimum absolute atomic E-state index is 0.0331. The molecule has 0 amide bonds. The minimum Gasteiger partial charge on any atom is -0.392 e. The van der Waals surface area contributed by atoms with Crippen LogP contribution in [0.1, 0.15) is 30.1 Å². The largest absolute Gasteiger partial charge is 0.392 e. The Labute approximate surface area is 81.0 Å². The first kappa shape index (κ1) is 7.94. The van der Waals surface area contributed by atoms with E-state index in [0.717, 1.165) is 22.6 Å². The molecule has 72 valence electrons. The number of pyridine rings is 1. The van der Waals surface area contributed by atoms with Crippen LogP contribution in [0.25, 0.3) is 11.2 Å². The fraction of sp³-hybridized carbons (Fsp3) is 0.400. The lowest BCUT2D eigenvalue weighted by molar-refractivity contribution is 0.283. The normalized spacial score (nSPS) is 16.4. The zero-order valence-electron chi connectivity index (χ0n) is 7.70. The molecular weight excluding hydrogens is 178 g/mol. The predicted octanol–water partition coefficient (Wildman–Crippen LogP) is 1.33. The van der Waals surface area contributed by atoms with Crippen LogP contribution in [0.2, 0.25) is 0 Å². The highest BCUT2D eigenvalue weighted by molar-refractivity contribution is 5.74. The summed E-state index contributed by atoms with van der Waals surface area (Å²) < 4.78 is 0. The number of fused-ring (bicyclic) bond motifs is 1. The summed E-state index contributed by atoms with van der Waals surface area (Å²) in [7, 11) is 0. The van der Waals surface area contributed by atoms with Crippen LogP contribution >= 0.6 is 0 Å². The van der Waals surface area contributed by atoms with E-state index in [1.165, 1.54) is 12.8 Å². The first-order valence-electron chi connectivity index (χ1n) is 4.83. The van der Waals surface area contributed by atoms with Crippen LogP contribution in [-0.2, 0) is 6.61 Å². The van der Waals surface area contributed by atoms with Crippen molar-refractivity contribution in [3.8, 4) is 0 Å². The molecule has 0 aromatic carbocycles. The van der Waals surface area contributed by atoms with Gasteiger partial charge in [-0.2, -0.15) is 0 Å². The Balaban J connectivity index is 2.20. The SMILES string of the molecule is OCc1ccnc2nc(C3CC3)[nH]c12. The third-order valence-electron chi connectivity index (χ3n) is 2.63. The summed E-state index contributed by atoms with van der Waals surface area (Å²) in [5.74, 6) is 1.61. The molecule has 4 nitrogen and oxygen atoms in total. The minimum atomic E-state index is 0.0331. The number of nitrogens with zero attached hydrogens (tertiary/aromatic N) is 2. The lowest BCUT2D eigenvalue weighted by Gasteiger charge is -1.94. The molecule has 0 unspecified atom stereocenters. The van der Waals surface area contributed by atoms with Gasteiger partial charge in [0.2, 0.25) is 0 Å². The molecule has 3 rings (SSSR count). The van der Waals surface area contributed by atoms with Gasteiger partial charge in [0.15, 0.2) is 5.65 Å². The van der Waals surface area contributed by atoms with Crippen molar-refractivity contribution < 1.29 is 5.11 Å². The zero-order valence-corrected chi connectivity index (χ0v) is 7.70. The quantitative estimate of drug-likeness (QED) is 0.749. The van der Waals surface area contributed by atoms with Crippen molar-refractivity contribution in [3.63, 3.8) is 0 Å². The second-order valence-corrected chi connectivity index (χ2v) is 3.72. The average molecular weight is 189 g/mol. The number of aliphatic hydroxyl groups is 1. The molecule has 2 N–H and O–H groups in total. The lowest BCUT2D eigenvalue weighted by Crippen LogP contribution is -1.86. The van der Waals surface area contributed by atoms with E-state index < -0.39 is 0 Å². The Kier molecular flexibility index (Phi) is 1.58. The topological polar surface area (TPSA) is 61.8 Å². The van der Waals surface area contributed by atoms with Crippen LogP contribution in [0.15, 0.2) is 12.3 Å². The number of H-pyrrole nitrogens is 1. The summed E-state index contributed by atoms with van der Waals surface area (Å²) in [6.45, 7) is 0.0331. The Morgan fingerprint density at radius 2 is 2.36 bits per heavy atom. The molecule has 4 heteroatoms. The van der Waals surface area contributed by atoms with E-state index in [9.17, 15) is 0 Å². The fourth-order valence-corrected chi connectivity index (χ4v) is 1.66. The molecule has 0 bridgehead atoms. The smallest absolute Gasteiger partial charge is 0.178 e. The number of aliphatic hydroxyl groups excluding tert-OH is 1. The first-order valence-corrected chi connectivity index (χ1v) is 4.83. The molecule has 0 saturated heterocycles. The molecule has 1 aliphatic rings. The van der Waals surface area contributed by atoms with E-state index in [-0.39, 0.29) is 6.61 Å². The third kappa shape index (κ3) is 1.11. The van der Waals surface area contributed by atoms with Gasteiger partial charge in [0, 0.05) is 17.7 Å². The van der Waals surface area contributed by atoms with Crippen molar-refractivity contribution in [1.29, 1.82) is 0 Å². The molecule has 2 aromatic rings. The highest BCUT2D eigenvalue weighted by atomic mass is 16.3. The van der Waals surface area contributed by atoms with Gasteiger partial charge >= 0.3 is 0 Å². The van der Waals surface area contributed by atoms with Crippen LogP contribution in [0.5, 0.6) is 0 Å². The second-order valence-electron chi connectivity index (χ2n) is 3.72. The Bertz CT molecular complexity index is 473. The van der Waals surface area contributed by atoms with Crippen LogP contribution in [0, 0.1) is 0 Å². The maximum Gasteiger partial charge on any atom is 0.178 e. The van der Waals surface area contributed by atoms with Gasteiger partial charge in [-0.1, -0.05) is 0 Å². The maximum atomic E-state index is 9.12. The number of hydrogen-bond acceptors (Lipinski definition) is 3. The molecule has 2 heterocycles. The molecular formula is C10H11N3O. The van der Waals surface area contributed by atoms with Crippen molar-refractivity contribution in [1.82, 2.24) is 15.0 Å². The van der Waals surface area contributed by atoms with Crippen LogP contribution in [0.3, 0.4) is 0 Å².